The third-order valence-electron chi connectivity index (χ3n) is 2.92. The van der Waals surface area contributed by atoms with Crippen molar-refractivity contribution < 1.29 is 4.79 Å². The molecule has 0 aliphatic carbocycles. The van der Waals surface area contributed by atoms with Crippen LogP contribution in [0.5, 0.6) is 0 Å². The molecule has 2 aliphatic heterocycles. The lowest BCUT2D eigenvalue weighted by molar-refractivity contribution is -0.116. The van der Waals surface area contributed by atoms with Gasteiger partial charge in [-0.15, -0.1) is 0 Å². The maximum atomic E-state index is 11.2. The first kappa shape index (κ1) is 14.7. The second-order valence-corrected chi connectivity index (χ2v) is 5.02. The molecule has 0 saturated heterocycles. The predicted molar refractivity (Wildman–Crippen MR) is 84.9 cm³/mol. The molecule has 0 spiro atoms. The third-order valence-corrected chi connectivity index (χ3v) is 2.92. The summed E-state index contributed by atoms with van der Waals surface area (Å²) < 4.78 is 0. The highest BCUT2D eigenvalue weighted by atomic mass is 16.2. The van der Waals surface area contributed by atoms with Crippen molar-refractivity contribution in [1.82, 2.24) is 25.3 Å². The number of amidine groups is 1. The number of aromatic nitrogens is 4. The second-order valence-electron chi connectivity index (χ2n) is 5.02. The van der Waals surface area contributed by atoms with Crippen LogP contribution in [0.2, 0.25) is 0 Å². The fourth-order valence-electron chi connectivity index (χ4n) is 2.01. The van der Waals surface area contributed by atoms with Gasteiger partial charge in [-0.3, -0.25) is 10.5 Å². The number of nitrogens with zero attached hydrogens (tertiary/aromatic N) is 6. The van der Waals surface area contributed by atoms with Gasteiger partial charge in [-0.1, -0.05) is 0 Å². The van der Waals surface area contributed by atoms with Crippen molar-refractivity contribution >= 4 is 40.8 Å². The zero-order chi connectivity index (χ0) is 16.6. The summed E-state index contributed by atoms with van der Waals surface area (Å²) in [5.74, 6) is -0.00752. The highest BCUT2D eigenvalue weighted by Gasteiger charge is 2.33. The Hall–Kier alpha value is -3.21. The fraction of sp³-hybridized carbons (Fsp3) is 0.250. The Bertz CT molecular complexity index is 875. The lowest BCUT2D eigenvalue weighted by Crippen LogP contribution is -2.58. The van der Waals surface area contributed by atoms with Crippen LogP contribution in [-0.4, -0.2) is 49.5 Å². The lowest BCUT2D eigenvalue weighted by Gasteiger charge is -2.25. The van der Waals surface area contributed by atoms with Crippen LogP contribution in [-0.2, 0) is 4.79 Å². The molecule has 6 N–H and O–H groups in total. The number of anilines is 1. The summed E-state index contributed by atoms with van der Waals surface area (Å²) >= 11 is 0. The van der Waals surface area contributed by atoms with Gasteiger partial charge in [0.2, 0.25) is 0 Å². The van der Waals surface area contributed by atoms with E-state index in [1.165, 1.54) is 6.34 Å². The monoisotopic (exact) mass is 314 g/mol. The number of imidazole rings is 1. The number of nitrogen functional groups attached to an aromatic ring is 1. The molecule has 11 heteroatoms. The molecular formula is C12H14N10O. The van der Waals surface area contributed by atoms with Crippen molar-refractivity contribution in [3.05, 3.63) is 12.2 Å². The van der Waals surface area contributed by atoms with Gasteiger partial charge >= 0.3 is 0 Å². The molecule has 0 radical (unpaired) electrons. The van der Waals surface area contributed by atoms with Crippen LogP contribution in [0.25, 0.3) is 11.2 Å². The average Bonchev–Trinajstić information content (AvgIpc) is 3.06. The van der Waals surface area contributed by atoms with Gasteiger partial charge in [0.1, 0.15) is 17.7 Å². The van der Waals surface area contributed by atoms with Crippen molar-refractivity contribution in [2.24, 2.45) is 20.7 Å². The summed E-state index contributed by atoms with van der Waals surface area (Å²) in [4.78, 5) is 37.5. The van der Waals surface area contributed by atoms with E-state index in [1.54, 1.807) is 20.2 Å². The number of nitrogens with one attached hydrogen (secondary N) is 2. The van der Waals surface area contributed by atoms with E-state index >= 15 is 0 Å². The Morgan fingerprint density at radius 3 is 2.87 bits per heavy atom. The van der Waals surface area contributed by atoms with E-state index < -0.39 is 5.79 Å². The number of hydrogen-bond donors (Lipinski definition) is 4. The number of rotatable bonds is 0. The number of fused-ring (bicyclic) bond motifs is 2. The summed E-state index contributed by atoms with van der Waals surface area (Å²) in [5, 5.41) is 2.47. The summed E-state index contributed by atoms with van der Waals surface area (Å²) in [6.45, 7) is 3.37. The van der Waals surface area contributed by atoms with Crippen molar-refractivity contribution in [2.45, 2.75) is 19.6 Å². The molecule has 11 nitrogen and oxygen atoms in total. The lowest BCUT2D eigenvalue weighted by atomic mass is 10.2. The zero-order valence-corrected chi connectivity index (χ0v) is 12.4. The first-order valence-corrected chi connectivity index (χ1v) is 6.61. The molecule has 0 aromatic carbocycles. The number of nitrogens with two attached hydrogens (primary N) is 2. The molecule has 0 saturated carbocycles. The van der Waals surface area contributed by atoms with E-state index in [0.29, 0.717) is 28.6 Å². The third kappa shape index (κ3) is 2.89. The molecule has 2 aromatic heterocycles. The van der Waals surface area contributed by atoms with E-state index in [1.807, 2.05) is 0 Å². The molecule has 4 heterocycles. The van der Waals surface area contributed by atoms with Crippen LogP contribution in [0.15, 0.2) is 21.3 Å². The smallest absolute Gasteiger partial charge is 0.276 e. The molecule has 0 bridgehead atoms. The van der Waals surface area contributed by atoms with Gasteiger partial charge in [0.25, 0.3) is 5.91 Å². The largest absolute Gasteiger partial charge is 0.382 e. The number of carbonyl (C=O) groups is 1. The average molecular weight is 314 g/mol. The molecule has 1 atom stereocenters. The number of carbonyl (C=O) groups excluding carboxylic acids is 1. The minimum Gasteiger partial charge on any atom is -0.382 e. The molecule has 4 rings (SSSR count). The molecule has 23 heavy (non-hydrogen) atoms. The van der Waals surface area contributed by atoms with Gasteiger partial charge in [-0.2, -0.15) is 0 Å². The predicted octanol–water partition coefficient (Wildman–Crippen LogP) is -1.13. The van der Waals surface area contributed by atoms with Crippen LogP contribution >= 0.6 is 0 Å². The number of aromatic amines is 1. The molecular weight excluding hydrogens is 300 g/mol. The van der Waals surface area contributed by atoms with E-state index in [4.69, 9.17) is 11.5 Å². The SMILES string of the molecule is CC1(N)N=C2N=CN=C2C(=O)N1.Cc1nc(N)c2nc[nH]c2n1. The number of hydrogen-bond acceptors (Lipinski definition) is 9. The Morgan fingerprint density at radius 2 is 2.09 bits per heavy atom. The topological polar surface area (TPSA) is 173 Å². The van der Waals surface area contributed by atoms with E-state index in [-0.39, 0.29) is 11.6 Å². The minimum absolute atomic E-state index is 0.234. The standard InChI is InChI=1S/C6H7N5O.C6H7N5/c1-6(7)10-4-3(5(12)11-6)8-2-9-4;1-3-10-5(7)4-6(11-3)9-2-8-4/h2H,7H2,1H3,(H,11,12);2H,1H3,(H3,7,8,9,10,11). The maximum Gasteiger partial charge on any atom is 0.276 e. The van der Waals surface area contributed by atoms with Crippen molar-refractivity contribution in [1.29, 1.82) is 0 Å². The number of H-pyrrole nitrogens is 1. The Kier molecular flexibility index (Phi) is 3.33. The summed E-state index contributed by atoms with van der Waals surface area (Å²) in [5.41, 5.74) is 12.7. The van der Waals surface area contributed by atoms with Crippen molar-refractivity contribution in [3.8, 4) is 0 Å². The van der Waals surface area contributed by atoms with Gasteiger partial charge < -0.3 is 16.0 Å². The first-order chi connectivity index (χ1) is 10.9. The molecule has 118 valence electrons. The van der Waals surface area contributed by atoms with Gasteiger partial charge in [0, 0.05) is 0 Å². The first-order valence-electron chi connectivity index (χ1n) is 6.61. The second kappa shape index (κ2) is 5.21. The molecule has 1 unspecified atom stereocenters. The highest BCUT2D eigenvalue weighted by molar-refractivity contribution is 6.69. The van der Waals surface area contributed by atoms with Crippen LogP contribution < -0.4 is 16.8 Å². The van der Waals surface area contributed by atoms with Crippen molar-refractivity contribution in [3.63, 3.8) is 0 Å². The van der Waals surface area contributed by atoms with Crippen LogP contribution in [0, 0.1) is 6.92 Å². The van der Waals surface area contributed by atoms with Crippen molar-refractivity contribution in [2.75, 3.05) is 5.73 Å². The van der Waals surface area contributed by atoms with Gasteiger partial charge in [-0.25, -0.2) is 29.9 Å². The van der Waals surface area contributed by atoms with Gasteiger partial charge in [0.15, 0.2) is 28.8 Å². The van der Waals surface area contributed by atoms with Gasteiger partial charge in [0.05, 0.1) is 6.33 Å². The molecule has 2 aliphatic rings. The Balaban J connectivity index is 0.000000136. The Labute approximate surface area is 130 Å². The van der Waals surface area contributed by atoms with E-state index in [2.05, 4.69) is 40.2 Å². The molecule has 2 aromatic rings. The van der Waals surface area contributed by atoms with Gasteiger partial charge in [-0.05, 0) is 13.8 Å². The highest BCUT2D eigenvalue weighted by Crippen LogP contribution is 2.11. The fourth-order valence-corrected chi connectivity index (χ4v) is 2.01. The number of amides is 1. The maximum absolute atomic E-state index is 11.2. The summed E-state index contributed by atoms with van der Waals surface area (Å²) in [6.07, 6.45) is 2.84. The molecule has 1 amide bonds. The molecule has 0 fully saturated rings. The van der Waals surface area contributed by atoms with Crippen LogP contribution in [0.1, 0.15) is 12.7 Å². The summed E-state index contributed by atoms with van der Waals surface area (Å²) in [6, 6.07) is 0. The van der Waals surface area contributed by atoms with Crippen LogP contribution in [0.4, 0.5) is 5.82 Å². The minimum atomic E-state index is -1.06. The Morgan fingerprint density at radius 1 is 1.30 bits per heavy atom. The number of aryl methyl sites for hydroxylation is 1. The van der Waals surface area contributed by atoms with Crippen LogP contribution in [0.3, 0.4) is 0 Å². The quantitative estimate of drug-likeness (QED) is 0.479. The van der Waals surface area contributed by atoms with E-state index in [9.17, 15) is 4.79 Å². The summed E-state index contributed by atoms with van der Waals surface area (Å²) in [7, 11) is 0. The zero-order valence-electron chi connectivity index (χ0n) is 12.4. The normalized spacial score (nSPS) is 22.0. The number of aliphatic imine (C=N–C) groups is 3. The van der Waals surface area contributed by atoms with E-state index in [0.717, 1.165) is 0 Å².